The monoisotopic (exact) mass is 244 g/mol. The SMILES string of the molecule is CCC(CC1CC1)Nc1nc2cccc(C)n2n1. The van der Waals surface area contributed by atoms with Crippen LogP contribution in [0.3, 0.4) is 0 Å². The summed E-state index contributed by atoms with van der Waals surface area (Å²) in [4.78, 5) is 4.53. The fourth-order valence-corrected chi connectivity index (χ4v) is 2.36. The number of pyridine rings is 1. The molecular formula is C14H20N4. The summed E-state index contributed by atoms with van der Waals surface area (Å²) in [5, 5.41) is 8.00. The van der Waals surface area contributed by atoms with Crippen molar-refractivity contribution < 1.29 is 0 Å². The molecule has 18 heavy (non-hydrogen) atoms. The molecule has 96 valence electrons. The van der Waals surface area contributed by atoms with E-state index < -0.39 is 0 Å². The first-order valence-electron chi connectivity index (χ1n) is 6.85. The summed E-state index contributed by atoms with van der Waals surface area (Å²) in [5.74, 6) is 1.69. The molecule has 3 rings (SSSR count). The van der Waals surface area contributed by atoms with E-state index in [9.17, 15) is 0 Å². The first kappa shape index (κ1) is 11.5. The van der Waals surface area contributed by atoms with Gasteiger partial charge in [0.25, 0.3) is 0 Å². The second kappa shape index (κ2) is 4.59. The van der Waals surface area contributed by atoms with Gasteiger partial charge in [-0.3, -0.25) is 0 Å². The lowest BCUT2D eigenvalue weighted by Crippen LogP contribution is -2.20. The van der Waals surface area contributed by atoms with Crippen molar-refractivity contribution in [3.63, 3.8) is 0 Å². The van der Waals surface area contributed by atoms with E-state index in [1.807, 2.05) is 29.6 Å². The van der Waals surface area contributed by atoms with Gasteiger partial charge in [0, 0.05) is 11.7 Å². The summed E-state index contributed by atoms with van der Waals surface area (Å²) < 4.78 is 1.90. The van der Waals surface area contributed by atoms with Gasteiger partial charge >= 0.3 is 0 Å². The minimum absolute atomic E-state index is 0.509. The van der Waals surface area contributed by atoms with Crippen LogP contribution >= 0.6 is 0 Å². The molecule has 4 heteroatoms. The third-order valence-corrected chi connectivity index (χ3v) is 3.69. The van der Waals surface area contributed by atoms with Gasteiger partial charge in [0.1, 0.15) is 0 Å². The van der Waals surface area contributed by atoms with Gasteiger partial charge in [0.05, 0.1) is 0 Å². The number of nitrogens with zero attached hydrogens (tertiary/aromatic N) is 3. The Hall–Kier alpha value is -1.58. The highest BCUT2D eigenvalue weighted by atomic mass is 15.4. The van der Waals surface area contributed by atoms with Crippen molar-refractivity contribution in [3.05, 3.63) is 23.9 Å². The molecule has 0 bridgehead atoms. The Labute approximate surface area is 107 Å². The number of hydrogen-bond acceptors (Lipinski definition) is 3. The lowest BCUT2D eigenvalue weighted by Gasteiger charge is -2.14. The van der Waals surface area contributed by atoms with Gasteiger partial charge in [0.15, 0.2) is 5.65 Å². The predicted molar refractivity (Wildman–Crippen MR) is 72.8 cm³/mol. The zero-order valence-corrected chi connectivity index (χ0v) is 11.1. The van der Waals surface area contributed by atoms with E-state index >= 15 is 0 Å². The maximum absolute atomic E-state index is 4.53. The molecule has 1 fully saturated rings. The van der Waals surface area contributed by atoms with Gasteiger partial charge < -0.3 is 5.32 Å². The molecule has 1 aliphatic rings. The molecule has 2 aromatic rings. The quantitative estimate of drug-likeness (QED) is 0.879. The number of aryl methyl sites for hydroxylation is 1. The maximum atomic E-state index is 4.53. The minimum atomic E-state index is 0.509. The van der Waals surface area contributed by atoms with Gasteiger partial charge in [-0.05, 0) is 37.8 Å². The normalized spacial score (nSPS) is 17.0. The highest BCUT2D eigenvalue weighted by molar-refractivity contribution is 5.44. The van der Waals surface area contributed by atoms with Crippen molar-refractivity contribution in [2.24, 2.45) is 5.92 Å². The molecule has 2 heterocycles. The Balaban J connectivity index is 1.78. The van der Waals surface area contributed by atoms with E-state index in [4.69, 9.17) is 0 Å². The van der Waals surface area contributed by atoms with Crippen molar-refractivity contribution in [1.82, 2.24) is 14.6 Å². The fraction of sp³-hybridized carbons (Fsp3) is 0.571. The lowest BCUT2D eigenvalue weighted by molar-refractivity contribution is 0.583. The van der Waals surface area contributed by atoms with E-state index in [1.54, 1.807) is 0 Å². The molecule has 0 aliphatic heterocycles. The van der Waals surface area contributed by atoms with E-state index in [-0.39, 0.29) is 0 Å². The molecule has 0 saturated heterocycles. The summed E-state index contributed by atoms with van der Waals surface area (Å²) in [6.07, 6.45) is 5.18. The number of anilines is 1. The highest BCUT2D eigenvalue weighted by Crippen LogP contribution is 2.34. The van der Waals surface area contributed by atoms with Crippen molar-refractivity contribution in [3.8, 4) is 0 Å². The Morgan fingerprint density at radius 3 is 2.94 bits per heavy atom. The van der Waals surface area contributed by atoms with Crippen LogP contribution in [0.1, 0.15) is 38.3 Å². The molecule has 0 amide bonds. The van der Waals surface area contributed by atoms with Crippen LogP contribution in [0.15, 0.2) is 18.2 Å². The molecule has 0 radical (unpaired) electrons. The second-order valence-corrected chi connectivity index (χ2v) is 5.30. The molecule has 1 saturated carbocycles. The van der Waals surface area contributed by atoms with Crippen LogP contribution in [0, 0.1) is 12.8 Å². The number of rotatable bonds is 5. The summed E-state index contributed by atoms with van der Waals surface area (Å²) in [6, 6.07) is 6.57. The first-order valence-corrected chi connectivity index (χ1v) is 6.85. The standard InChI is InChI=1S/C14H20N4/c1-3-12(9-11-7-8-11)15-14-16-13-6-4-5-10(2)18(13)17-14/h4-6,11-12H,3,7-9H2,1-2H3,(H,15,17). The smallest absolute Gasteiger partial charge is 0.243 e. The van der Waals surface area contributed by atoms with Crippen molar-refractivity contribution in [1.29, 1.82) is 0 Å². The van der Waals surface area contributed by atoms with Crippen molar-refractivity contribution >= 4 is 11.6 Å². The van der Waals surface area contributed by atoms with Crippen LogP contribution in [-0.2, 0) is 0 Å². The molecule has 0 spiro atoms. The predicted octanol–water partition coefficient (Wildman–Crippen LogP) is 3.03. The molecule has 1 atom stereocenters. The number of hydrogen-bond donors (Lipinski definition) is 1. The van der Waals surface area contributed by atoms with Crippen molar-refractivity contribution in [2.45, 2.75) is 45.6 Å². The van der Waals surface area contributed by atoms with Crippen LogP contribution in [-0.4, -0.2) is 20.6 Å². The van der Waals surface area contributed by atoms with Crippen LogP contribution < -0.4 is 5.32 Å². The Morgan fingerprint density at radius 2 is 2.28 bits per heavy atom. The molecule has 1 N–H and O–H groups in total. The van der Waals surface area contributed by atoms with Gasteiger partial charge in [-0.25, -0.2) is 4.52 Å². The average molecular weight is 244 g/mol. The van der Waals surface area contributed by atoms with Crippen molar-refractivity contribution in [2.75, 3.05) is 5.32 Å². The third-order valence-electron chi connectivity index (χ3n) is 3.69. The number of nitrogens with one attached hydrogen (secondary N) is 1. The van der Waals surface area contributed by atoms with Gasteiger partial charge in [0.2, 0.25) is 5.95 Å². The average Bonchev–Trinajstić information content (AvgIpc) is 3.07. The minimum Gasteiger partial charge on any atom is -0.350 e. The topological polar surface area (TPSA) is 42.2 Å². The zero-order valence-electron chi connectivity index (χ0n) is 11.1. The molecule has 4 nitrogen and oxygen atoms in total. The molecule has 2 aromatic heterocycles. The lowest BCUT2D eigenvalue weighted by atomic mass is 10.1. The largest absolute Gasteiger partial charge is 0.350 e. The van der Waals surface area contributed by atoms with E-state index in [1.165, 1.54) is 19.3 Å². The van der Waals surface area contributed by atoms with Crippen LogP contribution in [0.25, 0.3) is 5.65 Å². The maximum Gasteiger partial charge on any atom is 0.243 e. The summed E-state index contributed by atoms with van der Waals surface area (Å²) >= 11 is 0. The Kier molecular flexibility index (Phi) is 2.94. The summed E-state index contributed by atoms with van der Waals surface area (Å²) in [7, 11) is 0. The number of fused-ring (bicyclic) bond motifs is 1. The highest BCUT2D eigenvalue weighted by Gasteiger charge is 2.25. The van der Waals surface area contributed by atoms with E-state index in [2.05, 4.69) is 22.3 Å². The Bertz CT molecular complexity index is 542. The first-order chi connectivity index (χ1) is 8.76. The number of aromatic nitrogens is 3. The summed E-state index contributed by atoms with van der Waals surface area (Å²) in [6.45, 7) is 4.27. The van der Waals surface area contributed by atoms with E-state index in [0.29, 0.717) is 6.04 Å². The van der Waals surface area contributed by atoms with E-state index in [0.717, 1.165) is 29.6 Å². The molecule has 1 unspecified atom stereocenters. The van der Waals surface area contributed by atoms with Gasteiger partial charge in [-0.2, -0.15) is 4.98 Å². The zero-order chi connectivity index (χ0) is 12.5. The third kappa shape index (κ3) is 2.33. The fourth-order valence-electron chi connectivity index (χ4n) is 2.36. The van der Waals surface area contributed by atoms with Crippen LogP contribution in [0.5, 0.6) is 0 Å². The second-order valence-electron chi connectivity index (χ2n) is 5.30. The summed E-state index contributed by atoms with van der Waals surface area (Å²) in [5.41, 5.74) is 2.03. The molecule has 1 aliphatic carbocycles. The molecular weight excluding hydrogens is 224 g/mol. The van der Waals surface area contributed by atoms with Gasteiger partial charge in [-0.15, -0.1) is 5.10 Å². The Morgan fingerprint density at radius 1 is 1.44 bits per heavy atom. The molecule has 0 aromatic carbocycles. The van der Waals surface area contributed by atoms with Crippen LogP contribution in [0.2, 0.25) is 0 Å². The van der Waals surface area contributed by atoms with Crippen LogP contribution in [0.4, 0.5) is 5.95 Å². The van der Waals surface area contributed by atoms with Gasteiger partial charge in [-0.1, -0.05) is 25.8 Å².